The zero-order valence-corrected chi connectivity index (χ0v) is 16.5. The predicted molar refractivity (Wildman–Crippen MR) is 99.2 cm³/mol. The second-order valence-corrected chi connectivity index (χ2v) is 8.52. The minimum Gasteiger partial charge on any atom is -0.460 e. The van der Waals surface area contributed by atoms with Crippen LogP contribution in [0.25, 0.3) is 5.69 Å². The third-order valence-corrected chi connectivity index (χ3v) is 3.61. The summed E-state index contributed by atoms with van der Waals surface area (Å²) in [5.74, 6) is 1.20. The lowest BCUT2D eigenvalue weighted by atomic mass is 9.96. The second kappa shape index (κ2) is 7.16. The first-order valence-corrected chi connectivity index (χ1v) is 8.78. The Labute approximate surface area is 154 Å². The summed E-state index contributed by atoms with van der Waals surface area (Å²) in [6, 6.07) is 7.43. The van der Waals surface area contributed by atoms with E-state index < -0.39 is 5.60 Å². The highest BCUT2D eigenvalue weighted by molar-refractivity contribution is 6.30. The van der Waals surface area contributed by atoms with Crippen molar-refractivity contribution in [2.45, 2.75) is 65.4 Å². The van der Waals surface area contributed by atoms with E-state index in [0.29, 0.717) is 11.4 Å². The molecule has 0 fully saturated rings. The van der Waals surface area contributed by atoms with E-state index in [-0.39, 0.29) is 17.8 Å². The molecule has 6 heteroatoms. The van der Waals surface area contributed by atoms with E-state index >= 15 is 0 Å². The molecule has 0 bridgehead atoms. The summed E-state index contributed by atoms with van der Waals surface area (Å²) >= 11 is 6.11. The van der Waals surface area contributed by atoms with Crippen molar-refractivity contribution in [1.82, 2.24) is 14.8 Å². The summed E-state index contributed by atoms with van der Waals surface area (Å²) in [5, 5.41) is 5.27. The van der Waals surface area contributed by atoms with Gasteiger partial charge >= 0.3 is 5.97 Å². The number of hydrogen-bond acceptors (Lipinski definition) is 4. The molecule has 0 N–H and O–H groups in total. The van der Waals surface area contributed by atoms with Crippen molar-refractivity contribution in [2.75, 3.05) is 0 Å². The number of benzene rings is 1. The number of nitrogens with zero attached hydrogens (tertiary/aromatic N) is 3. The summed E-state index contributed by atoms with van der Waals surface area (Å²) in [7, 11) is 0. The first-order valence-electron chi connectivity index (χ1n) is 8.40. The van der Waals surface area contributed by atoms with Gasteiger partial charge in [-0.3, -0.25) is 4.79 Å². The van der Waals surface area contributed by atoms with Gasteiger partial charge in [0.05, 0.1) is 12.1 Å². The molecule has 5 nitrogen and oxygen atoms in total. The van der Waals surface area contributed by atoms with E-state index in [4.69, 9.17) is 16.3 Å². The first kappa shape index (κ1) is 19.4. The molecule has 2 rings (SSSR count). The van der Waals surface area contributed by atoms with Gasteiger partial charge in [0.1, 0.15) is 11.4 Å². The molecule has 2 aromatic rings. The number of rotatable bonds is 4. The van der Waals surface area contributed by atoms with Crippen LogP contribution < -0.4 is 0 Å². The van der Waals surface area contributed by atoms with E-state index in [1.807, 2.05) is 45.0 Å². The molecule has 1 heterocycles. The minimum absolute atomic E-state index is 0.190. The first-order chi connectivity index (χ1) is 11.5. The van der Waals surface area contributed by atoms with E-state index in [0.717, 1.165) is 17.3 Å². The van der Waals surface area contributed by atoms with Crippen LogP contribution >= 0.6 is 11.6 Å². The second-order valence-electron chi connectivity index (χ2n) is 8.08. The number of hydrogen-bond donors (Lipinski definition) is 0. The molecule has 0 saturated heterocycles. The van der Waals surface area contributed by atoms with Gasteiger partial charge in [0.2, 0.25) is 0 Å². The highest BCUT2D eigenvalue weighted by Gasteiger charge is 2.23. The van der Waals surface area contributed by atoms with E-state index in [1.165, 1.54) is 0 Å². The molecule has 0 saturated carbocycles. The molecule has 1 aromatic heterocycles. The fourth-order valence-corrected chi connectivity index (χ4v) is 2.43. The minimum atomic E-state index is -0.492. The Balaban J connectivity index is 2.29. The standard InChI is InChI=1S/C19H26ClN3O2/c1-18(2,3)17-21-15(10-11-16(24)25-19(4,5)6)23(22-17)14-9-7-8-13(20)12-14/h7-9,12H,10-11H2,1-6H3. The molecule has 0 aliphatic carbocycles. The largest absolute Gasteiger partial charge is 0.460 e. The van der Waals surface area contributed by atoms with Crippen LogP contribution in [0.2, 0.25) is 5.02 Å². The molecule has 0 spiro atoms. The van der Waals surface area contributed by atoms with Gasteiger partial charge in [-0.1, -0.05) is 38.4 Å². The third-order valence-electron chi connectivity index (χ3n) is 3.37. The van der Waals surface area contributed by atoms with Gasteiger partial charge in [-0.15, -0.1) is 0 Å². The summed E-state index contributed by atoms with van der Waals surface area (Å²) < 4.78 is 7.14. The van der Waals surface area contributed by atoms with Gasteiger partial charge in [-0.05, 0) is 39.0 Å². The fraction of sp³-hybridized carbons (Fsp3) is 0.526. The highest BCUT2D eigenvalue weighted by Crippen LogP contribution is 2.23. The lowest BCUT2D eigenvalue weighted by Gasteiger charge is -2.19. The lowest BCUT2D eigenvalue weighted by Crippen LogP contribution is -2.24. The number of ether oxygens (including phenoxy) is 1. The van der Waals surface area contributed by atoms with Gasteiger partial charge in [0.15, 0.2) is 5.82 Å². The number of aromatic nitrogens is 3. The maximum Gasteiger partial charge on any atom is 0.306 e. The average molecular weight is 364 g/mol. The van der Waals surface area contributed by atoms with Crippen LogP contribution in [0.5, 0.6) is 0 Å². The van der Waals surface area contributed by atoms with Crippen LogP contribution in [0.15, 0.2) is 24.3 Å². The molecular formula is C19H26ClN3O2. The molecule has 25 heavy (non-hydrogen) atoms. The number of carbonyl (C=O) groups is 1. The fourth-order valence-electron chi connectivity index (χ4n) is 2.24. The Morgan fingerprint density at radius 1 is 1.20 bits per heavy atom. The van der Waals surface area contributed by atoms with Crippen molar-refractivity contribution in [3.05, 3.63) is 40.9 Å². The van der Waals surface area contributed by atoms with Gasteiger partial charge < -0.3 is 4.74 Å². The zero-order chi connectivity index (χ0) is 18.8. The summed E-state index contributed by atoms with van der Waals surface area (Å²) in [6.45, 7) is 11.7. The van der Waals surface area contributed by atoms with Crippen LogP contribution in [0.1, 0.15) is 59.6 Å². The number of esters is 1. The quantitative estimate of drug-likeness (QED) is 0.751. The van der Waals surface area contributed by atoms with Crippen molar-refractivity contribution >= 4 is 17.6 Å². The highest BCUT2D eigenvalue weighted by atomic mass is 35.5. The number of aryl methyl sites for hydroxylation is 1. The Morgan fingerprint density at radius 2 is 1.88 bits per heavy atom. The topological polar surface area (TPSA) is 57.0 Å². The van der Waals surface area contributed by atoms with Crippen molar-refractivity contribution in [3.8, 4) is 5.69 Å². The Kier molecular flexibility index (Phi) is 5.57. The molecule has 0 amide bonds. The molecule has 0 aliphatic heterocycles. The van der Waals surface area contributed by atoms with E-state index in [1.54, 1.807) is 4.68 Å². The third kappa shape index (κ3) is 5.56. The predicted octanol–water partition coefficient (Wildman–Crippen LogP) is 4.49. The maximum atomic E-state index is 12.0. The SMILES string of the molecule is CC(C)(C)OC(=O)CCc1nc(C(C)(C)C)nn1-c1cccc(Cl)c1. The molecule has 0 atom stereocenters. The van der Waals surface area contributed by atoms with Crippen LogP contribution in [-0.4, -0.2) is 26.3 Å². The summed E-state index contributed by atoms with van der Waals surface area (Å²) in [6.07, 6.45) is 0.699. The Bertz CT molecular complexity index is 755. The number of halogens is 1. The van der Waals surface area contributed by atoms with Gasteiger partial charge in [0, 0.05) is 16.9 Å². The van der Waals surface area contributed by atoms with E-state index in [2.05, 4.69) is 30.9 Å². The maximum absolute atomic E-state index is 12.0. The van der Waals surface area contributed by atoms with Crippen molar-refractivity contribution < 1.29 is 9.53 Å². The molecule has 0 aliphatic rings. The van der Waals surface area contributed by atoms with Gasteiger partial charge in [-0.2, -0.15) is 5.10 Å². The molecule has 0 radical (unpaired) electrons. The van der Waals surface area contributed by atoms with Crippen molar-refractivity contribution in [1.29, 1.82) is 0 Å². The zero-order valence-electron chi connectivity index (χ0n) is 15.8. The monoisotopic (exact) mass is 363 g/mol. The van der Waals surface area contributed by atoms with Crippen LogP contribution in [0.4, 0.5) is 0 Å². The van der Waals surface area contributed by atoms with Crippen LogP contribution in [0.3, 0.4) is 0 Å². The van der Waals surface area contributed by atoms with Crippen LogP contribution in [0, 0.1) is 0 Å². The molecular weight excluding hydrogens is 338 g/mol. The molecule has 0 unspecified atom stereocenters. The summed E-state index contributed by atoms with van der Waals surface area (Å²) in [4.78, 5) is 16.7. The van der Waals surface area contributed by atoms with Crippen LogP contribution in [-0.2, 0) is 21.4 Å². The van der Waals surface area contributed by atoms with Crippen molar-refractivity contribution in [3.63, 3.8) is 0 Å². The smallest absolute Gasteiger partial charge is 0.306 e. The molecule has 136 valence electrons. The number of carbonyl (C=O) groups excluding carboxylic acids is 1. The van der Waals surface area contributed by atoms with Gasteiger partial charge in [-0.25, -0.2) is 9.67 Å². The molecule has 1 aromatic carbocycles. The lowest BCUT2D eigenvalue weighted by molar-refractivity contribution is -0.154. The Hall–Kier alpha value is -1.88. The Morgan fingerprint density at radius 3 is 2.44 bits per heavy atom. The summed E-state index contributed by atoms with van der Waals surface area (Å²) in [5.41, 5.74) is 0.147. The van der Waals surface area contributed by atoms with Crippen molar-refractivity contribution in [2.24, 2.45) is 0 Å². The average Bonchev–Trinajstić information content (AvgIpc) is 2.87. The normalized spacial score (nSPS) is 12.3. The van der Waals surface area contributed by atoms with E-state index in [9.17, 15) is 4.79 Å². The van der Waals surface area contributed by atoms with Gasteiger partial charge in [0.25, 0.3) is 0 Å².